The Morgan fingerprint density at radius 2 is 2.10 bits per heavy atom. The predicted molar refractivity (Wildman–Crippen MR) is 89.5 cm³/mol. The molecule has 1 saturated carbocycles. The molecule has 0 radical (unpaired) electrons. The normalized spacial score (nSPS) is 28.8. The van der Waals surface area contributed by atoms with Gasteiger partial charge in [0.2, 0.25) is 0 Å². The Labute approximate surface area is 128 Å². The van der Waals surface area contributed by atoms with Crippen LogP contribution in [-0.2, 0) is 6.42 Å². The highest BCUT2D eigenvalue weighted by molar-refractivity contribution is 7.07. The number of hydrogen-bond acceptors (Lipinski definition) is 3. The van der Waals surface area contributed by atoms with Crippen LogP contribution in [0.3, 0.4) is 0 Å². The first-order valence-electron chi connectivity index (χ1n) is 7.94. The summed E-state index contributed by atoms with van der Waals surface area (Å²) >= 11 is 1.81. The Bertz CT molecular complexity index is 378. The lowest BCUT2D eigenvalue weighted by Crippen LogP contribution is -2.60. The van der Waals surface area contributed by atoms with Crippen molar-refractivity contribution in [1.82, 2.24) is 10.2 Å². The Morgan fingerprint density at radius 3 is 2.60 bits per heavy atom. The van der Waals surface area contributed by atoms with Crippen LogP contribution in [0.2, 0.25) is 0 Å². The zero-order valence-electron chi connectivity index (χ0n) is 13.5. The van der Waals surface area contributed by atoms with E-state index < -0.39 is 0 Å². The summed E-state index contributed by atoms with van der Waals surface area (Å²) in [6.07, 6.45) is 7.83. The van der Waals surface area contributed by atoms with E-state index >= 15 is 0 Å². The molecule has 1 N–H and O–H groups in total. The van der Waals surface area contributed by atoms with E-state index in [-0.39, 0.29) is 0 Å². The van der Waals surface area contributed by atoms with Gasteiger partial charge in [-0.2, -0.15) is 11.3 Å². The summed E-state index contributed by atoms with van der Waals surface area (Å²) < 4.78 is 0. The van der Waals surface area contributed by atoms with Crippen molar-refractivity contribution in [3.8, 4) is 0 Å². The van der Waals surface area contributed by atoms with Crippen LogP contribution in [0.25, 0.3) is 0 Å². The Kier molecular flexibility index (Phi) is 5.65. The molecule has 20 heavy (non-hydrogen) atoms. The molecule has 0 aliphatic heterocycles. The molecule has 1 aromatic rings. The van der Waals surface area contributed by atoms with Gasteiger partial charge in [-0.25, -0.2) is 0 Å². The van der Waals surface area contributed by atoms with Gasteiger partial charge >= 0.3 is 0 Å². The van der Waals surface area contributed by atoms with Crippen molar-refractivity contribution in [2.24, 2.45) is 5.92 Å². The summed E-state index contributed by atoms with van der Waals surface area (Å²) in [5, 5.41) is 8.11. The van der Waals surface area contributed by atoms with Crippen molar-refractivity contribution in [3.05, 3.63) is 22.4 Å². The minimum absolute atomic E-state index is 0.345. The molecule has 2 nitrogen and oxygen atoms in total. The van der Waals surface area contributed by atoms with Crippen molar-refractivity contribution >= 4 is 11.3 Å². The van der Waals surface area contributed by atoms with Gasteiger partial charge < -0.3 is 10.2 Å². The molecule has 114 valence electrons. The molecule has 0 aromatic carbocycles. The average Bonchev–Trinajstić information content (AvgIpc) is 2.94. The Hall–Kier alpha value is -0.380. The maximum atomic E-state index is 3.63. The van der Waals surface area contributed by atoms with Gasteiger partial charge in [-0.1, -0.05) is 6.92 Å². The molecular weight excluding hydrogens is 264 g/mol. The van der Waals surface area contributed by atoms with Crippen LogP contribution >= 0.6 is 11.3 Å². The highest BCUT2D eigenvalue weighted by Gasteiger charge is 2.41. The summed E-state index contributed by atoms with van der Waals surface area (Å²) in [6, 6.07) is 2.85. The summed E-state index contributed by atoms with van der Waals surface area (Å²) in [4.78, 5) is 2.49. The van der Waals surface area contributed by atoms with Crippen LogP contribution in [0.4, 0.5) is 0 Å². The van der Waals surface area contributed by atoms with E-state index in [2.05, 4.69) is 55.1 Å². The fraction of sp³-hybridized carbons (Fsp3) is 0.765. The molecule has 0 spiro atoms. The second kappa shape index (κ2) is 7.06. The third kappa shape index (κ3) is 3.44. The van der Waals surface area contributed by atoms with Crippen molar-refractivity contribution in [2.75, 3.05) is 21.1 Å². The van der Waals surface area contributed by atoms with Gasteiger partial charge in [0.15, 0.2) is 0 Å². The topological polar surface area (TPSA) is 15.3 Å². The SMILES string of the molecule is CNC(CCc1ccsc1)C1(N(C)C)CCC(C)CC1. The highest BCUT2D eigenvalue weighted by atomic mass is 32.1. The van der Waals surface area contributed by atoms with Crippen LogP contribution in [-0.4, -0.2) is 37.6 Å². The zero-order chi connectivity index (χ0) is 14.6. The predicted octanol–water partition coefficient (Wildman–Crippen LogP) is 3.78. The Morgan fingerprint density at radius 1 is 1.40 bits per heavy atom. The maximum absolute atomic E-state index is 3.63. The molecule has 0 saturated heterocycles. The van der Waals surface area contributed by atoms with Gasteiger partial charge in [-0.15, -0.1) is 0 Å². The molecule has 0 bridgehead atoms. The largest absolute Gasteiger partial charge is 0.315 e. The summed E-state index contributed by atoms with van der Waals surface area (Å²) in [7, 11) is 6.68. The molecule has 1 fully saturated rings. The van der Waals surface area contributed by atoms with Crippen molar-refractivity contribution in [1.29, 1.82) is 0 Å². The third-order valence-corrected chi connectivity index (χ3v) is 6.06. The fourth-order valence-corrected chi connectivity index (χ4v) is 4.50. The van der Waals surface area contributed by atoms with Crippen LogP contribution in [0.5, 0.6) is 0 Å². The first-order chi connectivity index (χ1) is 9.58. The first-order valence-corrected chi connectivity index (χ1v) is 8.88. The number of hydrogen-bond donors (Lipinski definition) is 1. The molecule has 1 aliphatic rings. The lowest BCUT2D eigenvalue weighted by Gasteiger charge is -2.50. The van der Waals surface area contributed by atoms with Gasteiger partial charge in [0.25, 0.3) is 0 Å². The Balaban J connectivity index is 2.05. The second-order valence-corrected chi connectivity index (χ2v) is 7.47. The number of rotatable bonds is 6. The number of aryl methyl sites for hydroxylation is 1. The number of nitrogens with zero attached hydrogens (tertiary/aromatic N) is 1. The molecule has 1 unspecified atom stereocenters. The quantitative estimate of drug-likeness (QED) is 0.859. The van der Waals surface area contributed by atoms with Gasteiger partial charge in [-0.3, -0.25) is 0 Å². The van der Waals surface area contributed by atoms with Crippen molar-refractivity contribution < 1.29 is 0 Å². The van der Waals surface area contributed by atoms with E-state index in [1.165, 1.54) is 44.1 Å². The second-order valence-electron chi connectivity index (χ2n) is 6.69. The first kappa shape index (κ1) is 16.0. The fourth-order valence-electron chi connectivity index (χ4n) is 3.80. The summed E-state index contributed by atoms with van der Waals surface area (Å²) in [6.45, 7) is 2.40. The van der Waals surface area contributed by atoms with Crippen molar-refractivity contribution in [2.45, 2.75) is 57.0 Å². The number of nitrogens with one attached hydrogen (secondary N) is 1. The van der Waals surface area contributed by atoms with E-state index in [1.54, 1.807) is 0 Å². The molecule has 1 aliphatic carbocycles. The van der Waals surface area contributed by atoms with E-state index in [0.29, 0.717) is 11.6 Å². The summed E-state index contributed by atoms with van der Waals surface area (Å²) in [5.74, 6) is 0.900. The van der Waals surface area contributed by atoms with E-state index in [4.69, 9.17) is 0 Å². The smallest absolute Gasteiger partial charge is 0.0356 e. The lowest BCUT2D eigenvalue weighted by atomic mass is 9.71. The van der Waals surface area contributed by atoms with E-state index in [9.17, 15) is 0 Å². The number of likely N-dealkylation sites (N-methyl/N-ethyl adjacent to an activating group) is 2. The molecule has 0 amide bonds. The van der Waals surface area contributed by atoms with Gasteiger partial charge in [0.1, 0.15) is 0 Å². The van der Waals surface area contributed by atoms with Crippen molar-refractivity contribution in [3.63, 3.8) is 0 Å². The van der Waals surface area contributed by atoms with Crippen LogP contribution in [0.15, 0.2) is 16.8 Å². The maximum Gasteiger partial charge on any atom is 0.0356 e. The standard InChI is InChI=1S/C17H30N2S/c1-14-7-10-17(11-8-14,19(3)4)16(18-2)6-5-15-9-12-20-13-15/h9,12-14,16,18H,5-8,10-11H2,1-4H3. The molecule has 1 atom stereocenters. The number of thiophene rings is 1. The van der Waals surface area contributed by atoms with Crippen LogP contribution < -0.4 is 5.32 Å². The van der Waals surface area contributed by atoms with Crippen LogP contribution in [0.1, 0.15) is 44.6 Å². The molecule has 1 aromatic heterocycles. The lowest BCUT2D eigenvalue weighted by molar-refractivity contribution is 0.0432. The van der Waals surface area contributed by atoms with E-state index in [0.717, 1.165) is 5.92 Å². The molecular formula is C17H30N2S. The highest BCUT2D eigenvalue weighted by Crippen LogP contribution is 2.38. The van der Waals surface area contributed by atoms with Crippen LogP contribution in [0, 0.1) is 5.92 Å². The minimum atomic E-state index is 0.345. The monoisotopic (exact) mass is 294 g/mol. The third-order valence-electron chi connectivity index (χ3n) is 5.33. The van der Waals surface area contributed by atoms with Gasteiger partial charge in [-0.05, 0) is 88.0 Å². The van der Waals surface area contributed by atoms with Gasteiger partial charge in [0, 0.05) is 11.6 Å². The average molecular weight is 295 g/mol. The van der Waals surface area contributed by atoms with E-state index in [1.807, 2.05) is 11.3 Å². The van der Waals surface area contributed by atoms with Gasteiger partial charge in [0.05, 0.1) is 0 Å². The molecule has 2 rings (SSSR count). The minimum Gasteiger partial charge on any atom is -0.315 e. The summed E-state index contributed by atoms with van der Waals surface area (Å²) in [5.41, 5.74) is 1.84. The zero-order valence-corrected chi connectivity index (χ0v) is 14.3. The molecule has 3 heteroatoms. The molecule has 1 heterocycles.